The van der Waals surface area contributed by atoms with E-state index < -0.39 is 0 Å². The fourth-order valence-corrected chi connectivity index (χ4v) is 4.61. The first-order chi connectivity index (χ1) is 9.83. The van der Waals surface area contributed by atoms with Gasteiger partial charge in [0, 0.05) is 18.4 Å². The molecule has 1 heterocycles. The van der Waals surface area contributed by atoms with E-state index >= 15 is 0 Å². The number of hydrogen-bond donors (Lipinski definition) is 0. The van der Waals surface area contributed by atoms with Gasteiger partial charge in [-0.3, -0.25) is 4.79 Å². The van der Waals surface area contributed by atoms with Crippen molar-refractivity contribution in [2.45, 2.75) is 51.7 Å². The van der Waals surface area contributed by atoms with Crippen LogP contribution in [-0.4, -0.2) is 24.1 Å². The summed E-state index contributed by atoms with van der Waals surface area (Å²) in [6.45, 7) is 11.7. The zero-order chi connectivity index (χ0) is 15.4. The molecule has 0 amide bonds. The molecule has 3 rings (SSSR count). The Hall–Kier alpha value is -1.58. The van der Waals surface area contributed by atoms with Gasteiger partial charge in [-0.2, -0.15) is 0 Å². The first-order valence-electron chi connectivity index (χ1n) is 7.58. The molecular formula is C17H22O4. The topological polar surface area (TPSA) is 52.6 Å². The molecule has 4 heteroatoms. The van der Waals surface area contributed by atoms with Crippen molar-refractivity contribution in [1.82, 2.24) is 0 Å². The molecule has 21 heavy (non-hydrogen) atoms. The van der Waals surface area contributed by atoms with Crippen LogP contribution in [-0.2, 0) is 19.1 Å². The quantitative estimate of drug-likeness (QED) is 0.423. The summed E-state index contributed by atoms with van der Waals surface area (Å²) in [7, 11) is 0. The normalized spacial score (nSPS) is 42.1. The minimum Gasteiger partial charge on any atom is -0.462 e. The molecule has 0 unspecified atom stereocenters. The smallest absolute Gasteiger partial charge is 0.334 e. The second-order valence-electron chi connectivity index (χ2n) is 6.92. The molecule has 0 N–H and O–H groups in total. The Kier molecular flexibility index (Phi) is 3.23. The highest BCUT2D eigenvalue weighted by atomic mass is 16.6. The Morgan fingerprint density at radius 1 is 1.43 bits per heavy atom. The summed E-state index contributed by atoms with van der Waals surface area (Å²) in [6, 6.07) is 0. The standard InChI is InChI=1S/C17H22O4/c1-9-6-5-7-17(4)8-12(20-11(3)18)13-10(2)16(19)21-15(13)14(9)17/h12-15H,1-2,5-8H2,3-4H3/t12-,13+,14+,15-,17+/m0/s1. The van der Waals surface area contributed by atoms with E-state index in [9.17, 15) is 9.59 Å². The van der Waals surface area contributed by atoms with Crippen molar-refractivity contribution in [2.75, 3.05) is 0 Å². The Bertz CT molecular complexity index is 535. The summed E-state index contributed by atoms with van der Waals surface area (Å²) in [4.78, 5) is 23.4. The highest BCUT2D eigenvalue weighted by Gasteiger charge is 2.59. The molecule has 0 aromatic carbocycles. The summed E-state index contributed by atoms with van der Waals surface area (Å²) in [5, 5.41) is 0. The first-order valence-corrected chi connectivity index (χ1v) is 7.58. The van der Waals surface area contributed by atoms with E-state index in [0.29, 0.717) is 5.57 Å². The molecule has 0 radical (unpaired) electrons. The van der Waals surface area contributed by atoms with Gasteiger partial charge in [-0.05, 0) is 31.1 Å². The van der Waals surface area contributed by atoms with Crippen LogP contribution in [0.1, 0.15) is 39.5 Å². The number of esters is 2. The Morgan fingerprint density at radius 3 is 2.81 bits per heavy atom. The average molecular weight is 290 g/mol. The highest BCUT2D eigenvalue weighted by molar-refractivity contribution is 5.91. The third-order valence-electron chi connectivity index (χ3n) is 5.41. The first kappa shape index (κ1) is 14.4. The summed E-state index contributed by atoms with van der Waals surface area (Å²) >= 11 is 0. The van der Waals surface area contributed by atoms with Crippen molar-refractivity contribution in [1.29, 1.82) is 0 Å². The van der Waals surface area contributed by atoms with Crippen LogP contribution < -0.4 is 0 Å². The Balaban J connectivity index is 2.00. The van der Waals surface area contributed by atoms with Crippen molar-refractivity contribution in [3.63, 3.8) is 0 Å². The molecule has 0 spiro atoms. The van der Waals surface area contributed by atoms with Gasteiger partial charge in [-0.15, -0.1) is 0 Å². The largest absolute Gasteiger partial charge is 0.462 e. The lowest BCUT2D eigenvalue weighted by atomic mass is 9.54. The zero-order valence-electron chi connectivity index (χ0n) is 12.7. The van der Waals surface area contributed by atoms with Crippen LogP contribution in [0, 0.1) is 17.3 Å². The summed E-state index contributed by atoms with van der Waals surface area (Å²) in [6.07, 6.45) is 3.25. The number of ether oxygens (including phenoxy) is 2. The van der Waals surface area contributed by atoms with Crippen molar-refractivity contribution in [3.05, 3.63) is 24.3 Å². The Morgan fingerprint density at radius 2 is 2.14 bits per heavy atom. The average Bonchev–Trinajstić information content (AvgIpc) is 2.64. The van der Waals surface area contributed by atoms with Gasteiger partial charge in [-0.25, -0.2) is 4.79 Å². The third-order valence-corrected chi connectivity index (χ3v) is 5.41. The maximum absolute atomic E-state index is 12.0. The lowest BCUT2D eigenvalue weighted by Crippen LogP contribution is -2.53. The highest BCUT2D eigenvalue weighted by Crippen LogP contribution is 2.57. The lowest BCUT2D eigenvalue weighted by Gasteiger charge is -2.52. The fourth-order valence-electron chi connectivity index (χ4n) is 4.61. The van der Waals surface area contributed by atoms with Crippen LogP contribution in [0.2, 0.25) is 0 Å². The molecule has 0 aromatic rings. The van der Waals surface area contributed by atoms with E-state index in [0.717, 1.165) is 31.3 Å². The molecule has 4 nitrogen and oxygen atoms in total. The minimum atomic E-state index is -0.357. The predicted molar refractivity (Wildman–Crippen MR) is 77.3 cm³/mol. The molecule has 2 saturated carbocycles. The molecule has 2 aliphatic carbocycles. The van der Waals surface area contributed by atoms with Gasteiger partial charge in [-0.1, -0.05) is 25.7 Å². The number of rotatable bonds is 1. The Labute approximate surface area is 125 Å². The van der Waals surface area contributed by atoms with Crippen molar-refractivity contribution in [3.8, 4) is 0 Å². The van der Waals surface area contributed by atoms with Crippen molar-refractivity contribution in [2.24, 2.45) is 17.3 Å². The molecule has 0 aromatic heterocycles. The minimum absolute atomic E-state index is 0.0263. The number of hydrogen-bond acceptors (Lipinski definition) is 4. The van der Waals surface area contributed by atoms with Crippen LogP contribution in [0.5, 0.6) is 0 Å². The maximum Gasteiger partial charge on any atom is 0.334 e. The third kappa shape index (κ3) is 2.12. The summed E-state index contributed by atoms with van der Waals surface area (Å²) < 4.78 is 11.1. The lowest BCUT2D eigenvalue weighted by molar-refractivity contribution is -0.165. The van der Waals surface area contributed by atoms with Gasteiger partial charge in [0.15, 0.2) is 0 Å². The molecule has 3 aliphatic rings. The van der Waals surface area contributed by atoms with Gasteiger partial charge in [0.2, 0.25) is 0 Å². The predicted octanol–water partition coefficient (Wildman–Crippen LogP) is 2.78. The van der Waals surface area contributed by atoms with E-state index in [1.165, 1.54) is 6.92 Å². The molecule has 1 saturated heterocycles. The van der Waals surface area contributed by atoms with Gasteiger partial charge in [0.05, 0.1) is 5.92 Å². The second-order valence-corrected chi connectivity index (χ2v) is 6.92. The van der Waals surface area contributed by atoms with Crippen LogP contribution in [0.15, 0.2) is 24.3 Å². The molecule has 1 aliphatic heterocycles. The van der Waals surface area contributed by atoms with E-state index in [1.54, 1.807) is 0 Å². The SMILES string of the molecule is C=C1C(=O)O[C@H]2[C@H]1[C@@H](OC(C)=O)C[C@@]1(C)CCCC(=C)[C@H]21. The van der Waals surface area contributed by atoms with E-state index in [2.05, 4.69) is 20.1 Å². The van der Waals surface area contributed by atoms with Gasteiger partial charge in [0.25, 0.3) is 0 Å². The number of carbonyl (C=O) groups excluding carboxylic acids is 2. The second kappa shape index (κ2) is 4.72. The molecule has 5 atom stereocenters. The molecule has 0 bridgehead atoms. The molecular weight excluding hydrogens is 268 g/mol. The van der Waals surface area contributed by atoms with Gasteiger partial charge in [0.1, 0.15) is 12.2 Å². The summed E-state index contributed by atoms with van der Waals surface area (Å²) in [5.41, 5.74) is 1.57. The number of fused-ring (bicyclic) bond motifs is 3. The van der Waals surface area contributed by atoms with E-state index in [4.69, 9.17) is 9.47 Å². The van der Waals surface area contributed by atoms with Crippen LogP contribution in [0.3, 0.4) is 0 Å². The van der Waals surface area contributed by atoms with Gasteiger partial charge >= 0.3 is 11.9 Å². The monoisotopic (exact) mass is 290 g/mol. The van der Waals surface area contributed by atoms with Crippen molar-refractivity contribution < 1.29 is 19.1 Å². The summed E-state index contributed by atoms with van der Waals surface area (Å²) in [5.74, 6) is -0.757. The number of carbonyl (C=O) groups is 2. The molecule has 3 fully saturated rings. The van der Waals surface area contributed by atoms with E-state index in [-0.39, 0.29) is 41.4 Å². The van der Waals surface area contributed by atoms with E-state index in [1.807, 2.05) is 0 Å². The van der Waals surface area contributed by atoms with Crippen LogP contribution in [0.4, 0.5) is 0 Å². The van der Waals surface area contributed by atoms with Crippen LogP contribution >= 0.6 is 0 Å². The van der Waals surface area contributed by atoms with Gasteiger partial charge < -0.3 is 9.47 Å². The van der Waals surface area contributed by atoms with Crippen molar-refractivity contribution >= 4 is 11.9 Å². The molecule has 114 valence electrons. The maximum atomic E-state index is 12.0. The zero-order valence-corrected chi connectivity index (χ0v) is 12.7. The fraction of sp³-hybridized carbons (Fsp3) is 0.647. The van der Waals surface area contributed by atoms with Crippen LogP contribution in [0.25, 0.3) is 0 Å².